The predicted molar refractivity (Wildman–Crippen MR) is 135 cm³/mol. The molecule has 156 valence electrons. The summed E-state index contributed by atoms with van der Waals surface area (Å²) in [5.41, 5.74) is 7.09. The molecule has 3 nitrogen and oxygen atoms in total. The smallest absolute Gasteiger partial charge is 0.123 e. The van der Waals surface area contributed by atoms with Crippen molar-refractivity contribution in [1.82, 2.24) is 0 Å². The highest BCUT2D eigenvalue weighted by Crippen LogP contribution is 2.31. The van der Waals surface area contributed by atoms with Gasteiger partial charge < -0.3 is 15.8 Å². The Morgan fingerprint density at radius 2 is 1.41 bits per heavy atom. The van der Waals surface area contributed by atoms with Crippen molar-refractivity contribution in [3.05, 3.63) is 127 Å². The number of phenols is 1. The zero-order chi connectivity index (χ0) is 22.3. The fourth-order valence-corrected chi connectivity index (χ4v) is 3.61. The van der Waals surface area contributed by atoms with Crippen molar-refractivity contribution in [2.75, 3.05) is 5.32 Å². The van der Waals surface area contributed by atoms with Gasteiger partial charge in [0.15, 0.2) is 0 Å². The summed E-state index contributed by atoms with van der Waals surface area (Å²) in [7, 11) is 0. The summed E-state index contributed by atoms with van der Waals surface area (Å²) in [4.78, 5) is 0. The third-order valence-corrected chi connectivity index (χ3v) is 5.22. The van der Waals surface area contributed by atoms with Gasteiger partial charge in [-0.15, -0.1) is 0 Å². The monoisotopic (exact) mass is 416 g/mol. The molecule has 0 fully saturated rings. The number of benzene rings is 4. The van der Waals surface area contributed by atoms with Gasteiger partial charge in [-0.3, -0.25) is 0 Å². The van der Waals surface area contributed by atoms with E-state index in [1.165, 1.54) is 6.21 Å². The molecule has 0 unspecified atom stereocenters. The topological polar surface area (TPSA) is 56.1 Å². The van der Waals surface area contributed by atoms with Gasteiger partial charge in [0, 0.05) is 23.0 Å². The molecule has 4 aromatic rings. The molecule has 0 spiro atoms. The van der Waals surface area contributed by atoms with Crippen LogP contribution in [-0.2, 0) is 0 Å². The van der Waals surface area contributed by atoms with E-state index in [2.05, 4.69) is 30.1 Å². The van der Waals surface area contributed by atoms with Crippen LogP contribution in [0, 0.1) is 5.41 Å². The number of anilines is 1. The van der Waals surface area contributed by atoms with Gasteiger partial charge >= 0.3 is 0 Å². The standard InChI is InChI=1S/C29H24N2O/c1-21(23-12-9-13-24(19-23)27-15-6-8-17-29(27)32)18-25(20-30)31-28-16-7-5-14-26(28)22-10-3-2-4-11-22/h2-20,30-32H,1H2/b25-18+,30-20?. The Balaban J connectivity index is 1.62. The van der Waals surface area contributed by atoms with Crippen molar-refractivity contribution in [2.24, 2.45) is 0 Å². The third kappa shape index (κ3) is 4.68. The summed E-state index contributed by atoms with van der Waals surface area (Å²) < 4.78 is 0. The van der Waals surface area contributed by atoms with Crippen LogP contribution < -0.4 is 5.32 Å². The maximum Gasteiger partial charge on any atom is 0.123 e. The number of para-hydroxylation sites is 2. The van der Waals surface area contributed by atoms with Crippen molar-refractivity contribution in [1.29, 1.82) is 5.41 Å². The molecular formula is C29H24N2O. The summed E-state index contributed by atoms with van der Waals surface area (Å²) in [5.74, 6) is 0.241. The average molecular weight is 417 g/mol. The molecule has 3 heteroatoms. The van der Waals surface area contributed by atoms with Crippen molar-refractivity contribution >= 4 is 17.5 Å². The average Bonchev–Trinajstić information content (AvgIpc) is 2.85. The molecule has 0 heterocycles. The lowest BCUT2D eigenvalue weighted by molar-refractivity contribution is 0.477. The van der Waals surface area contributed by atoms with Crippen LogP contribution in [0.25, 0.3) is 27.8 Å². The summed E-state index contributed by atoms with van der Waals surface area (Å²) >= 11 is 0. The first-order chi connectivity index (χ1) is 15.7. The van der Waals surface area contributed by atoms with Crippen LogP contribution in [0.4, 0.5) is 5.69 Å². The Morgan fingerprint density at radius 3 is 2.16 bits per heavy atom. The zero-order valence-corrected chi connectivity index (χ0v) is 17.6. The van der Waals surface area contributed by atoms with E-state index in [-0.39, 0.29) is 5.75 Å². The number of aromatic hydroxyl groups is 1. The molecule has 0 aliphatic rings. The molecule has 0 radical (unpaired) electrons. The fraction of sp³-hybridized carbons (Fsp3) is 0. The normalized spacial score (nSPS) is 11.1. The largest absolute Gasteiger partial charge is 0.507 e. The second-order valence-corrected chi connectivity index (χ2v) is 7.40. The van der Waals surface area contributed by atoms with E-state index in [1.54, 1.807) is 12.1 Å². The van der Waals surface area contributed by atoms with Crippen molar-refractivity contribution in [2.45, 2.75) is 0 Å². The molecule has 0 aromatic heterocycles. The molecule has 0 aliphatic heterocycles. The first-order valence-corrected chi connectivity index (χ1v) is 10.4. The lowest BCUT2D eigenvalue weighted by atomic mass is 9.98. The lowest BCUT2D eigenvalue weighted by Gasteiger charge is -2.13. The molecule has 4 aromatic carbocycles. The lowest BCUT2D eigenvalue weighted by Crippen LogP contribution is -2.02. The molecule has 0 bridgehead atoms. The Hall–Kier alpha value is -4.37. The minimum absolute atomic E-state index is 0.241. The van der Waals surface area contributed by atoms with Crippen LogP contribution >= 0.6 is 0 Å². The highest BCUT2D eigenvalue weighted by Gasteiger charge is 2.08. The van der Waals surface area contributed by atoms with Crippen molar-refractivity contribution in [3.63, 3.8) is 0 Å². The van der Waals surface area contributed by atoms with E-state index >= 15 is 0 Å². The minimum atomic E-state index is 0.241. The van der Waals surface area contributed by atoms with Gasteiger partial charge in [-0.2, -0.15) is 0 Å². The van der Waals surface area contributed by atoms with E-state index in [0.29, 0.717) is 5.70 Å². The van der Waals surface area contributed by atoms with E-state index in [4.69, 9.17) is 5.41 Å². The van der Waals surface area contributed by atoms with Gasteiger partial charge in [0.25, 0.3) is 0 Å². The quantitative estimate of drug-likeness (QED) is 0.217. The Morgan fingerprint density at radius 1 is 0.750 bits per heavy atom. The van der Waals surface area contributed by atoms with Crippen LogP contribution in [0.1, 0.15) is 5.56 Å². The Bertz CT molecular complexity index is 1290. The van der Waals surface area contributed by atoms with Crippen molar-refractivity contribution < 1.29 is 5.11 Å². The summed E-state index contributed by atoms with van der Waals surface area (Å²) in [6, 6.07) is 33.3. The van der Waals surface area contributed by atoms with Crippen LogP contribution in [-0.4, -0.2) is 11.3 Å². The van der Waals surface area contributed by atoms with Gasteiger partial charge in [0.05, 0.1) is 5.70 Å². The SMILES string of the molecule is C=C(/C=C(\C=N)Nc1ccccc1-c1ccccc1)c1cccc(-c2ccccc2O)c1. The van der Waals surface area contributed by atoms with Gasteiger partial charge in [0.1, 0.15) is 5.75 Å². The Labute approximate surface area is 188 Å². The number of rotatable bonds is 7. The third-order valence-electron chi connectivity index (χ3n) is 5.22. The van der Waals surface area contributed by atoms with E-state index < -0.39 is 0 Å². The van der Waals surface area contributed by atoms with Crippen LogP contribution in [0.15, 0.2) is 121 Å². The van der Waals surface area contributed by atoms with Gasteiger partial charge in [-0.1, -0.05) is 91.5 Å². The molecule has 3 N–H and O–H groups in total. The summed E-state index contributed by atoms with van der Waals surface area (Å²) in [6.07, 6.45) is 3.15. The maximum atomic E-state index is 10.2. The first kappa shape index (κ1) is 20.9. The highest BCUT2D eigenvalue weighted by atomic mass is 16.3. The molecular weight excluding hydrogens is 392 g/mol. The zero-order valence-electron chi connectivity index (χ0n) is 17.6. The maximum absolute atomic E-state index is 10.2. The molecule has 0 atom stereocenters. The van der Waals surface area contributed by atoms with E-state index in [0.717, 1.165) is 39.1 Å². The van der Waals surface area contributed by atoms with Crippen LogP contribution in [0.5, 0.6) is 5.75 Å². The minimum Gasteiger partial charge on any atom is -0.507 e. The van der Waals surface area contributed by atoms with Gasteiger partial charge in [-0.05, 0) is 46.5 Å². The summed E-state index contributed by atoms with van der Waals surface area (Å²) in [5, 5.41) is 21.5. The first-order valence-electron chi connectivity index (χ1n) is 10.4. The van der Waals surface area contributed by atoms with Crippen LogP contribution in [0.3, 0.4) is 0 Å². The highest BCUT2D eigenvalue weighted by molar-refractivity contribution is 5.90. The number of phenolic OH excluding ortho intramolecular Hbond substituents is 1. The second kappa shape index (κ2) is 9.63. The number of hydrogen-bond acceptors (Lipinski definition) is 3. The van der Waals surface area contributed by atoms with Crippen LogP contribution in [0.2, 0.25) is 0 Å². The molecule has 32 heavy (non-hydrogen) atoms. The van der Waals surface area contributed by atoms with E-state index in [1.807, 2.05) is 78.9 Å². The molecule has 0 saturated heterocycles. The molecule has 0 aliphatic carbocycles. The number of nitrogens with one attached hydrogen (secondary N) is 2. The fourth-order valence-electron chi connectivity index (χ4n) is 3.61. The van der Waals surface area contributed by atoms with Gasteiger partial charge in [-0.25, -0.2) is 0 Å². The second-order valence-electron chi connectivity index (χ2n) is 7.40. The molecule has 0 saturated carbocycles. The number of allylic oxidation sites excluding steroid dienone is 3. The molecule has 4 rings (SSSR count). The predicted octanol–water partition coefficient (Wildman–Crippen LogP) is 7.38. The summed E-state index contributed by atoms with van der Waals surface area (Å²) in [6.45, 7) is 4.21. The van der Waals surface area contributed by atoms with Gasteiger partial charge in [0.2, 0.25) is 0 Å². The van der Waals surface area contributed by atoms with E-state index in [9.17, 15) is 5.11 Å². The molecule has 0 amide bonds. The Kier molecular flexibility index (Phi) is 6.28. The van der Waals surface area contributed by atoms with Crippen molar-refractivity contribution in [3.8, 4) is 28.0 Å². The number of hydrogen-bond donors (Lipinski definition) is 3.